The molecule has 0 radical (unpaired) electrons. The number of hydrogen-bond acceptors (Lipinski definition) is 3. The first kappa shape index (κ1) is 12.6. The molecule has 0 saturated carbocycles. The smallest absolute Gasteiger partial charge is 0.0701 e. The van der Waals surface area contributed by atoms with Gasteiger partial charge < -0.3 is 5.11 Å². The van der Waals surface area contributed by atoms with Crippen molar-refractivity contribution in [1.29, 1.82) is 0 Å². The Bertz CT molecular complexity index is 340. The van der Waals surface area contributed by atoms with Crippen molar-refractivity contribution < 1.29 is 5.11 Å². The third-order valence-electron chi connectivity index (χ3n) is 3.23. The lowest BCUT2D eigenvalue weighted by Crippen LogP contribution is -2.38. The van der Waals surface area contributed by atoms with Gasteiger partial charge in [0.05, 0.1) is 9.89 Å². The Kier molecular flexibility index (Phi) is 4.41. The molecule has 1 aliphatic rings. The summed E-state index contributed by atoms with van der Waals surface area (Å²) in [5, 5.41) is 9.63. The van der Waals surface area contributed by atoms with E-state index in [1.807, 2.05) is 6.92 Å². The molecule has 0 bridgehead atoms. The van der Waals surface area contributed by atoms with E-state index in [1.54, 1.807) is 11.3 Å². The van der Waals surface area contributed by atoms with Crippen LogP contribution >= 0.6 is 27.3 Å². The van der Waals surface area contributed by atoms with Crippen LogP contribution in [0.2, 0.25) is 0 Å². The summed E-state index contributed by atoms with van der Waals surface area (Å²) in [5.41, 5.74) is 0. The minimum absolute atomic E-state index is 0.169. The number of aliphatic hydroxyl groups excluding tert-OH is 1. The molecule has 90 valence electrons. The van der Waals surface area contributed by atoms with E-state index in [4.69, 9.17) is 0 Å². The molecule has 0 spiro atoms. The van der Waals surface area contributed by atoms with E-state index < -0.39 is 0 Å². The number of piperidine rings is 1. The number of hydrogen-bond donors (Lipinski definition) is 1. The van der Waals surface area contributed by atoms with Crippen LogP contribution in [0.25, 0.3) is 0 Å². The van der Waals surface area contributed by atoms with Gasteiger partial charge in [0.2, 0.25) is 0 Å². The third kappa shape index (κ3) is 3.29. The highest BCUT2D eigenvalue weighted by atomic mass is 79.9. The maximum atomic E-state index is 9.63. The molecule has 2 atom stereocenters. The van der Waals surface area contributed by atoms with Crippen molar-refractivity contribution in [1.82, 2.24) is 4.90 Å². The lowest BCUT2D eigenvalue weighted by molar-refractivity contribution is 0.0603. The normalized spacial score (nSPS) is 24.6. The molecule has 1 aliphatic heterocycles. The maximum Gasteiger partial charge on any atom is 0.0701 e. The van der Waals surface area contributed by atoms with E-state index in [-0.39, 0.29) is 6.10 Å². The second-order valence-electron chi connectivity index (χ2n) is 4.58. The average molecular weight is 304 g/mol. The van der Waals surface area contributed by atoms with Crippen molar-refractivity contribution in [2.75, 3.05) is 13.1 Å². The molecule has 1 aromatic heterocycles. The second-order valence-corrected chi connectivity index (χ2v) is 7.13. The second kappa shape index (κ2) is 5.63. The van der Waals surface area contributed by atoms with Crippen LogP contribution in [-0.4, -0.2) is 29.2 Å². The summed E-state index contributed by atoms with van der Waals surface area (Å²) in [6.45, 7) is 5.14. The van der Waals surface area contributed by atoms with Gasteiger partial charge in [-0.2, -0.15) is 0 Å². The van der Waals surface area contributed by atoms with Gasteiger partial charge in [-0.1, -0.05) is 0 Å². The fourth-order valence-corrected chi connectivity index (χ4v) is 3.81. The highest BCUT2D eigenvalue weighted by Gasteiger charge is 2.23. The number of thiophene rings is 1. The molecule has 1 fully saturated rings. The largest absolute Gasteiger partial charge is 0.393 e. The Morgan fingerprint density at radius 2 is 2.44 bits per heavy atom. The first-order valence-corrected chi connectivity index (χ1v) is 7.41. The first-order chi connectivity index (χ1) is 7.65. The molecule has 4 heteroatoms. The van der Waals surface area contributed by atoms with Gasteiger partial charge >= 0.3 is 0 Å². The molecule has 1 N–H and O–H groups in total. The minimum Gasteiger partial charge on any atom is -0.393 e. The van der Waals surface area contributed by atoms with E-state index in [0.29, 0.717) is 5.92 Å². The van der Waals surface area contributed by atoms with Crippen LogP contribution in [-0.2, 0) is 6.54 Å². The minimum atomic E-state index is -0.169. The fraction of sp³-hybridized carbons (Fsp3) is 0.667. The Morgan fingerprint density at radius 1 is 1.62 bits per heavy atom. The number of likely N-dealkylation sites (tertiary alicyclic amines) is 1. The van der Waals surface area contributed by atoms with Gasteiger partial charge in [0, 0.05) is 18.0 Å². The van der Waals surface area contributed by atoms with Gasteiger partial charge in [0.1, 0.15) is 0 Å². The molecular formula is C12H18BrNOS. The van der Waals surface area contributed by atoms with E-state index in [1.165, 1.54) is 28.0 Å². The van der Waals surface area contributed by atoms with Crippen LogP contribution in [0.15, 0.2) is 15.9 Å². The van der Waals surface area contributed by atoms with Crippen molar-refractivity contribution in [2.24, 2.45) is 5.92 Å². The Hall–Kier alpha value is 0.1000. The third-order valence-corrected chi connectivity index (χ3v) is 4.84. The predicted molar refractivity (Wildman–Crippen MR) is 71.7 cm³/mol. The van der Waals surface area contributed by atoms with Crippen LogP contribution in [0.5, 0.6) is 0 Å². The number of aliphatic hydroxyl groups is 1. The predicted octanol–water partition coefficient (Wildman–Crippen LogP) is 3.10. The monoisotopic (exact) mass is 303 g/mol. The standard InChI is InChI=1S/C12H18BrNOS/c1-9(15)10-3-2-6-14(7-10)8-11-4-5-12(13)16-11/h4-5,9-10,15H,2-3,6-8H2,1H3. The lowest BCUT2D eigenvalue weighted by atomic mass is 9.93. The summed E-state index contributed by atoms with van der Waals surface area (Å²) in [5.74, 6) is 0.456. The van der Waals surface area contributed by atoms with Crippen LogP contribution < -0.4 is 0 Å². The molecule has 0 aromatic carbocycles. The van der Waals surface area contributed by atoms with E-state index in [2.05, 4.69) is 33.0 Å². The van der Waals surface area contributed by atoms with Crippen LogP contribution in [0.4, 0.5) is 0 Å². The average Bonchev–Trinajstić information content (AvgIpc) is 2.64. The van der Waals surface area contributed by atoms with Crippen LogP contribution in [0.3, 0.4) is 0 Å². The summed E-state index contributed by atoms with van der Waals surface area (Å²) in [6, 6.07) is 4.29. The zero-order valence-corrected chi connectivity index (χ0v) is 11.9. The van der Waals surface area contributed by atoms with Crippen molar-refractivity contribution in [3.63, 3.8) is 0 Å². The van der Waals surface area contributed by atoms with Crippen molar-refractivity contribution in [3.8, 4) is 0 Å². The van der Waals surface area contributed by atoms with Gasteiger partial charge in [-0.25, -0.2) is 0 Å². The van der Waals surface area contributed by atoms with Crippen molar-refractivity contribution >= 4 is 27.3 Å². The molecular weight excluding hydrogens is 286 g/mol. The van der Waals surface area contributed by atoms with E-state index in [0.717, 1.165) is 13.1 Å². The number of nitrogens with zero attached hydrogens (tertiary/aromatic N) is 1. The Labute approximate surface area is 109 Å². The summed E-state index contributed by atoms with van der Waals surface area (Å²) < 4.78 is 1.20. The molecule has 1 saturated heterocycles. The molecule has 16 heavy (non-hydrogen) atoms. The van der Waals surface area contributed by atoms with Gasteiger partial charge in [0.25, 0.3) is 0 Å². The zero-order chi connectivity index (χ0) is 11.5. The highest BCUT2D eigenvalue weighted by molar-refractivity contribution is 9.11. The number of rotatable bonds is 3. The molecule has 0 amide bonds. The maximum absolute atomic E-state index is 9.63. The van der Waals surface area contributed by atoms with Gasteiger partial charge in [-0.05, 0) is 60.3 Å². The molecule has 2 unspecified atom stereocenters. The summed E-state index contributed by atoms with van der Waals surface area (Å²) in [7, 11) is 0. The Balaban J connectivity index is 1.90. The summed E-state index contributed by atoms with van der Waals surface area (Å²) in [4.78, 5) is 3.86. The van der Waals surface area contributed by atoms with Gasteiger partial charge in [-0.3, -0.25) is 4.90 Å². The van der Waals surface area contributed by atoms with E-state index in [9.17, 15) is 5.11 Å². The lowest BCUT2D eigenvalue weighted by Gasteiger charge is -2.33. The SMILES string of the molecule is CC(O)C1CCCN(Cc2ccc(Br)s2)C1. The molecule has 2 rings (SSSR count). The Morgan fingerprint density at radius 3 is 3.06 bits per heavy atom. The molecule has 2 nitrogen and oxygen atoms in total. The summed E-state index contributed by atoms with van der Waals surface area (Å²) in [6.07, 6.45) is 2.21. The van der Waals surface area contributed by atoms with Gasteiger partial charge in [0.15, 0.2) is 0 Å². The molecule has 2 heterocycles. The molecule has 0 aliphatic carbocycles. The quantitative estimate of drug-likeness (QED) is 0.927. The fourth-order valence-electron chi connectivity index (χ4n) is 2.29. The van der Waals surface area contributed by atoms with Crippen LogP contribution in [0.1, 0.15) is 24.6 Å². The van der Waals surface area contributed by atoms with Crippen molar-refractivity contribution in [3.05, 3.63) is 20.8 Å². The number of halogens is 1. The zero-order valence-electron chi connectivity index (χ0n) is 9.53. The topological polar surface area (TPSA) is 23.5 Å². The van der Waals surface area contributed by atoms with Crippen molar-refractivity contribution in [2.45, 2.75) is 32.4 Å². The van der Waals surface area contributed by atoms with Crippen LogP contribution in [0, 0.1) is 5.92 Å². The van der Waals surface area contributed by atoms with Gasteiger partial charge in [-0.15, -0.1) is 11.3 Å². The highest BCUT2D eigenvalue weighted by Crippen LogP contribution is 2.26. The first-order valence-electron chi connectivity index (χ1n) is 5.80. The molecule has 1 aromatic rings. The van der Waals surface area contributed by atoms with E-state index >= 15 is 0 Å². The summed E-state index contributed by atoms with van der Waals surface area (Å²) >= 11 is 5.30.